The van der Waals surface area contributed by atoms with Gasteiger partial charge in [0, 0.05) is 18.2 Å². The Morgan fingerprint density at radius 2 is 0.919 bits per heavy atom. The van der Waals surface area contributed by atoms with Crippen LogP contribution < -0.4 is 10.6 Å². The van der Waals surface area contributed by atoms with E-state index in [4.69, 9.17) is 0 Å². The first-order valence-corrected chi connectivity index (χ1v) is 9.94. The van der Waals surface area contributed by atoms with Crippen molar-refractivity contribution in [2.24, 2.45) is 0 Å². The molecule has 0 atom stereocenters. The molecule has 0 saturated heterocycles. The molecule has 0 spiro atoms. The van der Waals surface area contributed by atoms with Crippen LogP contribution in [-0.2, 0) is 0 Å². The van der Waals surface area contributed by atoms with Crippen LogP contribution in [0, 0.1) is 58.2 Å². The molecule has 3 aromatic rings. The van der Waals surface area contributed by atoms with E-state index in [1.165, 1.54) is 12.1 Å². The van der Waals surface area contributed by atoms with Gasteiger partial charge in [0.2, 0.25) is 11.6 Å². The van der Waals surface area contributed by atoms with E-state index in [0.29, 0.717) is 6.29 Å². The van der Waals surface area contributed by atoms with E-state index in [1.807, 2.05) is 19.2 Å². The SMILES string of the molecule is CC.CNc1c(F)c(F)c(F)c(F)c1F.O=Cc1ccc(C(=O)Nc2c(F)c(F)c(F)c(F)c2F)cc1. The molecule has 14 heteroatoms. The second-order valence-corrected chi connectivity index (χ2v) is 6.33. The molecule has 0 saturated carbocycles. The zero-order valence-electron chi connectivity index (χ0n) is 19.0. The van der Waals surface area contributed by atoms with Gasteiger partial charge >= 0.3 is 0 Å². The molecule has 0 radical (unpaired) electrons. The number of benzene rings is 3. The highest BCUT2D eigenvalue weighted by atomic mass is 19.2. The molecule has 0 aliphatic rings. The van der Waals surface area contributed by atoms with E-state index in [0.717, 1.165) is 19.2 Å². The van der Waals surface area contributed by atoms with Crippen LogP contribution in [0.3, 0.4) is 0 Å². The molecule has 0 aromatic heterocycles. The number of carbonyl (C=O) groups excluding carboxylic acids is 2. The average Bonchev–Trinajstić information content (AvgIpc) is 2.92. The molecule has 3 aromatic carbocycles. The van der Waals surface area contributed by atoms with Gasteiger partial charge in [0.05, 0.1) is 0 Å². The lowest BCUT2D eigenvalue weighted by Crippen LogP contribution is -2.17. The van der Waals surface area contributed by atoms with E-state index in [2.05, 4.69) is 0 Å². The van der Waals surface area contributed by atoms with Gasteiger partial charge in [-0.3, -0.25) is 9.59 Å². The molecule has 0 bridgehead atoms. The molecule has 0 aliphatic heterocycles. The molecular weight excluding hydrogens is 526 g/mol. The molecule has 2 N–H and O–H groups in total. The van der Waals surface area contributed by atoms with E-state index < -0.39 is 75.5 Å². The van der Waals surface area contributed by atoms with Gasteiger partial charge in [-0.15, -0.1) is 0 Å². The van der Waals surface area contributed by atoms with E-state index in [9.17, 15) is 53.5 Å². The van der Waals surface area contributed by atoms with Gasteiger partial charge in [0.25, 0.3) is 5.91 Å². The zero-order valence-corrected chi connectivity index (χ0v) is 19.0. The number of carbonyl (C=O) groups is 2. The van der Waals surface area contributed by atoms with Crippen LogP contribution in [0.1, 0.15) is 34.6 Å². The first kappa shape index (κ1) is 30.9. The number of nitrogens with one attached hydrogen (secondary N) is 2. The maximum Gasteiger partial charge on any atom is 0.255 e. The first-order valence-electron chi connectivity index (χ1n) is 9.94. The second kappa shape index (κ2) is 13.3. The zero-order chi connectivity index (χ0) is 28.6. The first-order chi connectivity index (χ1) is 17.4. The van der Waals surface area contributed by atoms with E-state index in [1.54, 1.807) is 5.32 Å². The van der Waals surface area contributed by atoms with Crippen molar-refractivity contribution >= 4 is 23.6 Å². The van der Waals surface area contributed by atoms with Crippen molar-refractivity contribution < 1.29 is 53.5 Å². The lowest BCUT2D eigenvalue weighted by Gasteiger charge is -2.10. The van der Waals surface area contributed by atoms with Crippen molar-refractivity contribution in [3.8, 4) is 0 Å². The van der Waals surface area contributed by atoms with Crippen molar-refractivity contribution in [3.63, 3.8) is 0 Å². The summed E-state index contributed by atoms with van der Waals surface area (Å²) in [4.78, 5) is 22.2. The summed E-state index contributed by atoms with van der Waals surface area (Å²) in [6, 6.07) is 4.82. The highest BCUT2D eigenvalue weighted by molar-refractivity contribution is 6.04. The topological polar surface area (TPSA) is 58.2 Å². The summed E-state index contributed by atoms with van der Waals surface area (Å²) in [6.45, 7) is 4.00. The molecule has 0 fully saturated rings. The third kappa shape index (κ3) is 6.57. The summed E-state index contributed by atoms with van der Waals surface area (Å²) in [5.41, 5.74) is -2.36. The standard InChI is InChI=1S/C14H6F5NO2.C7H4F5N.C2H6/c15-8-9(16)11(18)13(12(19)10(8)17)20-14(22)7-3-1-6(5-21)2-4-7;1-13-7-5(11)3(9)2(8)4(10)6(7)12;1-2/h1-5H,(H,20,22);13H,1H3;1-2H3. The van der Waals surface area contributed by atoms with Gasteiger partial charge in [-0.25, -0.2) is 43.9 Å². The maximum atomic E-state index is 13.4. The largest absolute Gasteiger partial charge is 0.383 e. The Hall–Kier alpha value is -4.10. The fourth-order valence-electron chi connectivity index (χ4n) is 2.44. The van der Waals surface area contributed by atoms with Crippen molar-refractivity contribution in [3.05, 3.63) is 93.6 Å². The Bertz CT molecular complexity index is 1240. The Balaban J connectivity index is 0.000000389. The molecule has 4 nitrogen and oxygen atoms in total. The number of hydrogen-bond donors (Lipinski definition) is 2. The average molecular weight is 542 g/mol. The number of anilines is 2. The van der Waals surface area contributed by atoms with Gasteiger partial charge in [-0.05, 0) is 12.1 Å². The Labute approximate surface area is 202 Å². The number of aldehydes is 1. The second-order valence-electron chi connectivity index (χ2n) is 6.33. The third-order valence-electron chi connectivity index (χ3n) is 4.22. The highest BCUT2D eigenvalue weighted by Crippen LogP contribution is 2.28. The number of rotatable bonds is 4. The van der Waals surface area contributed by atoms with Crippen LogP contribution >= 0.6 is 0 Å². The van der Waals surface area contributed by atoms with Gasteiger partial charge in [-0.1, -0.05) is 26.0 Å². The summed E-state index contributed by atoms with van der Waals surface area (Å²) in [5.74, 6) is -21.8. The van der Waals surface area contributed by atoms with Crippen LogP contribution in [0.25, 0.3) is 0 Å². The van der Waals surface area contributed by atoms with Gasteiger partial charge < -0.3 is 10.6 Å². The maximum absolute atomic E-state index is 13.4. The molecule has 1 amide bonds. The fourth-order valence-corrected chi connectivity index (χ4v) is 2.44. The minimum absolute atomic E-state index is 0.130. The van der Waals surface area contributed by atoms with E-state index >= 15 is 0 Å². The summed E-state index contributed by atoms with van der Waals surface area (Å²) >= 11 is 0. The molecule has 0 heterocycles. The summed E-state index contributed by atoms with van der Waals surface area (Å²) < 4.78 is 128. The van der Waals surface area contributed by atoms with Crippen molar-refractivity contribution in [2.45, 2.75) is 13.8 Å². The summed E-state index contributed by atoms with van der Waals surface area (Å²) in [6.07, 6.45) is 0.506. The van der Waals surface area contributed by atoms with Crippen LogP contribution in [0.5, 0.6) is 0 Å². The quantitative estimate of drug-likeness (QED) is 0.163. The van der Waals surface area contributed by atoms with Gasteiger partial charge in [0.1, 0.15) is 17.7 Å². The number of halogens is 10. The predicted octanol–water partition coefficient (Wildman–Crippen LogP) is 6.90. The van der Waals surface area contributed by atoms with Crippen LogP contribution in [0.15, 0.2) is 24.3 Å². The molecule has 200 valence electrons. The monoisotopic (exact) mass is 542 g/mol. The fraction of sp³-hybridized carbons (Fsp3) is 0.130. The van der Waals surface area contributed by atoms with Gasteiger partial charge in [-0.2, -0.15) is 0 Å². The Kier molecular flexibility index (Phi) is 11.1. The molecular formula is C23H16F10N2O2. The van der Waals surface area contributed by atoms with E-state index in [-0.39, 0.29) is 11.1 Å². The Morgan fingerprint density at radius 1 is 0.595 bits per heavy atom. The smallest absolute Gasteiger partial charge is 0.255 e. The highest BCUT2D eigenvalue weighted by Gasteiger charge is 2.27. The molecule has 37 heavy (non-hydrogen) atoms. The predicted molar refractivity (Wildman–Crippen MR) is 113 cm³/mol. The summed E-state index contributed by atoms with van der Waals surface area (Å²) in [5, 5.41) is 3.49. The normalized spacial score (nSPS) is 9.97. The van der Waals surface area contributed by atoms with Crippen molar-refractivity contribution in [1.82, 2.24) is 0 Å². The van der Waals surface area contributed by atoms with Crippen LogP contribution in [-0.4, -0.2) is 19.2 Å². The summed E-state index contributed by atoms with van der Waals surface area (Å²) in [7, 11) is 1.05. The van der Waals surface area contributed by atoms with Crippen molar-refractivity contribution in [2.75, 3.05) is 17.7 Å². The lowest BCUT2D eigenvalue weighted by molar-refractivity contribution is 0.102. The minimum Gasteiger partial charge on any atom is -0.383 e. The molecule has 0 aliphatic carbocycles. The van der Waals surface area contributed by atoms with Crippen molar-refractivity contribution in [1.29, 1.82) is 0 Å². The van der Waals surface area contributed by atoms with Crippen LogP contribution in [0.4, 0.5) is 55.3 Å². The lowest BCUT2D eigenvalue weighted by atomic mass is 10.1. The number of hydrogen-bond acceptors (Lipinski definition) is 3. The Morgan fingerprint density at radius 3 is 1.24 bits per heavy atom. The minimum atomic E-state index is -2.32. The van der Waals surface area contributed by atoms with Gasteiger partial charge in [0.15, 0.2) is 46.5 Å². The number of amides is 1. The third-order valence-corrected chi connectivity index (χ3v) is 4.22. The van der Waals surface area contributed by atoms with Crippen LogP contribution in [0.2, 0.25) is 0 Å². The molecule has 3 rings (SSSR count). The molecule has 0 unspecified atom stereocenters.